The number of carbonyl (C=O) groups is 2. The smallest absolute Gasteiger partial charge is 0.225 e. The molecule has 0 bridgehead atoms. The first-order valence-electron chi connectivity index (χ1n) is 9.57. The molecule has 1 aliphatic heterocycles. The van der Waals surface area contributed by atoms with Crippen molar-refractivity contribution in [2.24, 2.45) is 0 Å². The van der Waals surface area contributed by atoms with Crippen LogP contribution in [0.25, 0.3) is 0 Å². The summed E-state index contributed by atoms with van der Waals surface area (Å²) < 4.78 is 35.9. The number of ether oxygens (including phenoxy) is 2. The minimum Gasteiger partial charge on any atom is -0.493 e. The summed E-state index contributed by atoms with van der Waals surface area (Å²) in [6, 6.07) is 9.55. The predicted octanol–water partition coefficient (Wildman–Crippen LogP) is 3.33. The van der Waals surface area contributed by atoms with Gasteiger partial charge in [-0.15, -0.1) is 11.8 Å². The zero-order valence-corrected chi connectivity index (χ0v) is 19.1. The highest BCUT2D eigenvalue weighted by molar-refractivity contribution is 8.00. The van der Waals surface area contributed by atoms with Crippen molar-refractivity contribution in [2.75, 3.05) is 30.6 Å². The largest absolute Gasteiger partial charge is 0.493 e. The first-order valence-corrected chi connectivity index (χ1v) is 12.1. The van der Waals surface area contributed by atoms with Crippen molar-refractivity contribution in [3.8, 4) is 11.5 Å². The van der Waals surface area contributed by atoms with Gasteiger partial charge in [0.25, 0.3) is 0 Å². The number of nitrogens with one attached hydrogen (secondary N) is 2. The molecular formula is C21H24N2O6S2. The Bertz CT molecular complexity index is 1100. The van der Waals surface area contributed by atoms with Gasteiger partial charge >= 0.3 is 0 Å². The van der Waals surface area contributed by atoms with Crippen LogP contribution in [0.4, 0.5) is 11.4 Å². The SMILES string of the molecule is COc1ccc(NC(=O)CCS(=O)(=O)c2ccc3c(c2)NC(=O)C[C@@H](C)S3)cc1OC. The molecule has 0 fully saturated rings. The Morgan fingerprint density at radius 3 is 2.61 bits per heavy atom. The molecule has 2 aromatic carbocycles. The molecule has 0 spiro atoms. The van der Waals surface area contributed by atoms with Gasteiger partial charge in [0.1, 0.15) is 0 Å². The van der Waals surface area contributed by atoms with Gasteiger partial charge in [0.05, 0.1) is 30.6 Å². The normalized spacial score (nSPS) is 16.0. The summed E-state index contributed by atoms with van der Waals surface area (Å²) in [5.74, 6) is 0.0199. The standard InChI is InChI=1S/C21H24N2O6S2/c1-13-10-21(25)23-16-12-15(5-7-19(16)30-13)31(26,27)9-8-20(24)22-14-4-6-17(28-2)18(11-14)29-3/h4-7,11-13H,8-10H2,1-3H3,(H,22,24)(H,23,25)/t13-/m1/s1. The number of anilines is 2. The highest BCUT2D eigenvalue weighted by Gasteiger charge is 2.23. The molecule has 3 rings (SSSR count). The van der Waals surface area contributed by atoms with Crippen molar-refractivity contribution in [3.63, 3.8) is 0 Å². The minimum absolute atomic E-state index is 0.0700. The Hall–Kier alpha value is -2.72. The summed E-state index contributed by atoms with van der Waals surface area (Å²) in [7, 11) is -0.721. The first-order chi connectivity index (χ1) is 14.7. The van der Waals surface area contributed by atoms with Crippen LogP contribution in [0.3, 0.4) is 0 Å². The third kappa shape index (κ3) is 5.71. The fourth-order valence-corrected chi connectivity index (χ4v) is 5.42. The number of rotatable bonds is 7. The third-order valence-corrected chi connectivity index (χ3v) is 7.54. The van der Waals surface area contributed by atoms with E-state index in [0.29, 0.717) is 29.3 Å². The van der Waals surface area contributed by atoms with Gasteiger partial charge < -0.3 is 20.1 Å². The van der Waals surface area contributed by atoms with Gasteiger partial charge in [-0.25, -0.2) is 8.42 Å². The van der Waals surface area contributed by atoms with Crippen molar-refractivity contribution in [1.29, 1.82) is 0 Å². The molecular weight excluding hydrogens is 440 g/mol. The maximum Gasteiger partial charge on any atom is 0.225 e. The molecule has 1 atom stereocenters. The number of fused-ring (bicyclic) bond motifs is 1. The first kappa shape index (κ1) is 23.0. The van der Waals surface area contributed by atoms with Gasteiger partial charge in [-0.2, -0.15) is 0 Å². The van der Waals surface area contributed by atoms with Crippen molar-refractivity contribution < 1.29 is 27.5 Å². The zero-order chi connectivity index (χ0) is 22.6. The second-order valence-corrected chi connectivity index (χ2v) is 10.6. The molecule has 2 aromatic rings. The number of hydrogen-bond donors (Lipinski definition) is 2. The Labute approximate surface area is 185 Å². The number of hydrogen-bond acceptors (Lipinski definition) is 7. The third-order valence-electron chi connectivity index (χ3n) is 4.65. The summed E-state index contributed by atoms with van der Waals surface area (Å²) >= 11 is 1.52. The Morgan fingerprint density at radius 1 is 1.16 bits per heavy atom. The Kier molecular flexibility index (Phi) is 7.11. The lowest BCUT2D eigenvalue weighted by Gasteiger charge is -2.12. The van der Waals surface area contributed by atoms with Gasteiger partial charge in [-0.3, -0.25) is 9.59 Å². The molecule has 31 heavy (non-hydrogen) atoms. The van der Waals surface area contributed by atoms with Crippen LogP contribution in [0.5, 0.6) is 11.5 Å². The van der Waals surface area contributed by atoms with E-state index in [1.54, 1.807) is 24.3 Å². The molecule has 0 aliphatic carbocycles. The van der Waals surface area contributed by atoms with Crippen LogP contribution in [-0.2, 0) is 19.4 Å². The van der Waals surface area contributed by atoms with E-state index in [9.17, 15) is 18.0 Å². The molecule has 1 heterocycles. The summed E-state index contributed by atoms with van der Waals surface area (Å²) in [5, 5.41) is 5.52. The van der Waals surface area contributed by atoms with Crippen LogP contribution in [0, 0.1) is 0 Å². The fraction of sp³-hybridized carbons (Fsp3) is 0.333. The van der Waals surface area contributed by atoms with E-state index in [1.807, 2.05) is 6.92 Å². The molecule has 0 radical (unpaired) electrons. The monoisotopic (exact) mass is 464 g/mol. The van der Waals surface area contributed by atoms with Gasteiger partial charge in [0.15, 0.2) is 21.3 Å². The number of sulfone groups is 1. The quantitative estimate of drug-likeness (QED) is 0.647. The number of methoxy groups -OCH3 is 2. The molecule has 0 aromatic heterocycles. The average molecular weight is 465 g/mol. The number of carbonyl (C=O) groups excluding carboxylic acids is 2. The van der Waals surface area contributed by atoms with Crippen LogP contribution < -0.4 is 20.1 Å². The van der Waals surface area contributed by atoms with Crippen molar-refractivity contribution >= 4 is 44.8 Å². The van der Waals surface area contributed by atoms with Crippen LogP contribution >= 0.6 is 11.8 Å². The van der Waals surface area contributed by atoms with E-state index in [1.165, 1.54) is 38.1 Å². The lowest BCUT2D eigenvalue weighted by Crippen LogP contribution is -2.18. The van der Waals surface area contributed by atoms with Gasteiger partial charge in [-0.05, 0) is 30.3 Å². The summed E-state index contributed by atoms with van der Waals surface area (Å²) in [6.45, 7) is 1.95. The molecule has 2 N–H and O–H groups in total. The van der Waals surface area contributed by atoms with Crippen LogP contribution in [0.1, 0.15) is 19.8 Å². The summed E-state index contributed by atoms with van der Waals surface area (Å²) in [5.41, 5.74) is 0.953. The molecule has 1 aliphatic rings. The van der Waals surface area contributed by atoms with Gasteiger partial charge in [0, 0.05) is 34.7 Å². The molecule has 0 unspecified atom stereocenters. The lowest BCUT2D eigenvalue weighted by atomic mass is 10.2. The number of benzene rings is 2. The minimum atomic E-state index is -3.71. The van der Waals surface area contributed by atoms with Crippen LogP contribution in [0.2, 0.25) is 0 Å². The second kappa shape index (κ2) is 9.61. The number of thioether (sulfide) groups is 1. The van der Waals surface area contributed by atoms with E-state index in [2.05, 4.69) is 10.6 Å². The van der Waals surface area contributed by atoms with Crippen LogP contribution in [0.15, 0.2) is 46.2 Å². The zero-order valence-electron chi connectivity index (χ0n) is 17.4. The van der Waals surface area contributed by atoms with E-state index in [0.717, 1.165) is 4.90 Å². The van der Waals surface area contributed by atoms with Crippen molar-refractivity contribution in [3.05, 3.63) is 36.4 Å². The molecule has 0 saturated heterocycles. The Morgan fingerprint density at radius 2 is 1.90 bits per heavy atom. The molecule has 166 valence electrons. The van der Waals surface area contributed by atoms with Gasteiger partial charge in [0.2, 0.25) is 11.8 Å². The van der Waals surface area contributed by atoms with Gasteiger partial charge in [-0.1, -0.05) is 6.92 Å². The maximum atomic E-state index is 12.8. The highest BCUT2D eigenvalue weighted by Crippen LogP contribution is 2.36. The average Bonchev–Trinajstić information content (AvgIpc) is 2.87. The maximum absolute atomic E-state index is 12.8. The predicted molar refractivity (Wildman–Crippen MR) is 120 cm³/mol. The lowest BCUT2D eigenvalue weighted by molar-refractivity contribution is -0.116. The second-order valence-electron chi connectivity index (χ2n) is 7.03. The molecule has 0 saturated carbocycles. The number of amides is 2. The molecule has 10 heteroatoms. The fourth-order valence-electron chi connectivity index (χ4n) is 3.11. The Balaban J connectivity index is 1.67. The molecule has 2 amide bonds. The van der Waals surface area contributed by atoms with Crippen molar-refractivity contribution in [1.82, 2.24) is 0 Å². The van der Waals surface area contributed by atoms with E-state index >= 15 is 0 Å². The van der Waals surface area contributed by atoms with Crippen molar-refractivity contribution in [2.45, 2.75) is 34.8 Å². The van der Waals surface area contributed by atoms with E-state index in [4.69, 9.17) is 9.47 Å². The summed E-state index contributed by atoms with van der Waals surface area (Å²) in [4.78, 5) is 25.1. The topological polar surface area (TPSA) is 111 Å². The molecule has 8 nitrogen and oxygen atoms in total. The van der Waals surface area contributed by atoms with E-state index < -0.39 is 15.7 Å². The summed E-state index contributed by atoms with van der Waals surface area (Å²) in [6.07, 6.45) is 0.143. The van der Waals surface area contributed by atoms with E-state index in [-0.39, 0.29) is 28.2 Å². The highest BCUT2D eigenvalue weighted by atomic mass is 32.2. The van der Waals surface area contributed by atoms with Crippen LogP contribution in [-0.4, -0.2) is 45.5 Å².